The van der Waals surface area contributed by atoms with Gasteiger partial charge in [0.25, 0.3) is 5.69 Å². The summed E-state index contributed by atoms with van der Waals surface area (Å²) >= 11 is 0. The topological polar surface area (TPSA) is 102 Å². The third-order valence-corrected chi connectivity index (χ3v) is 6.39. The molecular formula is C18H18N2O5S. The van der Waals surface area contributed by atoms with Crippen molar-refractivity contribution in [3.05, 3.63) is 46.5 Å². The van der Waals surface area contributed by atoms with Crippen molar-refractivity contribution in [1.29, 1.82) is 0 Å². The molecule has 0 amide bonds. The Morgan fingerprint density at radius 3 is 2.50 bits per heavy atom. The third-order valence-electron chi connectivity index (χ3n) is 4.87. The first kappa shape index (κ1) is 17.0. The van der Waals surface area contributed by atoms with Gasteiger partial charge in [0.15, 0.2) is 0 Å². The summed E-state index contributed by atoms with van der Waals surface area (Å²) in [6.45, 7) is 0. The molecule has 0 radical (unpaired) electrons. The van der Waals surface area contributed by atoms with Gasteiger partial charge in [-0.3, -0.25) is 10.1 Å². The monoisotopic (exact) mass is 374 g/mol. The lowest BCUT2D eigenvalue weighted by molar-refractivity contribution is -0.384. The van der Waals surface area contributed by atoms with E-state index in [9.17, 15) is 18.5 Å². The Kier molecular flexibility index (Phi) is 4.16. The van der Waals surface area contributed by atoms with Crippen LogP contribution in [0.15, 0.2) is 45.7 Å². The molecule has 2 aromatic carbocycles. The zero-order chi connectivity index (χ0) is 18.3. The van der Waals surface area contributed by atoms with Crippen LogP contribution < -0.4 is 4.72 Å². The van der Waals surface area contributed by atoms with Gasteiger partial charge < -0.3 is 4.42 Å². The van der Waals surface area contributed by atoms with Crippen LogP contribution in [-0.4, -0.2) is 19.4 Å². The first-order valence-corrected chi connectivity index (χ1v) is 10.1. The molecule has 8 heteroatoms. The molecule has 0 aliphatic heterocycles. The Morgan fingerprint density at radius 2 is 1.77 bits per heavy atom. The predicted octanol–water partition coefficient (Wildman–Crippen LogP) is 4.11. The summed E-state index contributed by atoms with van der Waals surface area (Å²) in [4.78, 5) is 10.6. The molecule has 1 aliphatic carbocycles. The average molecular weight is 374 g/mol. The molecule has 1 aromatic heterocycles. The van der Waals surface area contributed by atoms with E-state index in [1.807, 2.05) is 0 Å². The molecular weight excluding hydrogens is 356 g/mol. The third kappa shape index (κ3) is 3.06. The van der Waals surface area contributed by atoms with Gasteiger partial charge in [-0.15, -0.1) is 0 Å². The average Bonchev–Trinajstić information content (AvgIpc) is 2.99. The van der Waals surface area contributed by atoms with Crippen LogP contribution in [0.2, 0.25) is 0 Å². The van der Waals surface area contributed by atoms with Crippen LogP contribution in [0.4, 0.5) is 5.69 Å². The van der Waals surface area contributed by atoms with Crippen molar-refractivity contribution in [1.82, 2.24) is 4.72 Å². The number of hydrogen-bond donors (Lipinski definition) is 1. The number of sulfonamides is 1. The summed E-state index contributed by atoms with van der Waals surface area (Å²) in [6.07, 6.45) is 4.95. The normalized spacial score (nSPS) is 16.3. The molecule has 136 valence electrons. The predicted molar refractivity (Wildman–Crippen MR) is 97.6 cm³/mol. The van der Waals surface area contributed by atoms with E-state index in [2.05, 4.69) is 4.72 Å². The van der Waals surface area contributed by atoms with Crippen LogP contribution >= 0.6 is 0 Å². The quantitative estimate of drug-likeness (QED) is 0.547. The second-order valence-electron chi connectivity index (χ2n) is 6.65. The zero-order valence-corrected chi connectivity index (χ0v) is 14.8. The summed E-state index contributed by atoms with van der Waals surface area (Å²) in [5.74, 6) is 0. The van der Waals surface area contributed by atoms with Crippen molar-refractivity contribution >= 4 is 37.6 Å². The van der Waals surface area contributed by atoms with E-state index in [-0.39, 0.29) is 16.6 Å². The van der Waals surface area contributed by atoms with Gasteiger partial charge in [-0.05, 0) is 37.1 Å². The number of fused-ring (bicyclic) bond motifs is 3. The van der Waals surface area contributed by atoms with Gasteiger partial charge >= 0.3 is 0 Å². The van der Waals surface area contributed by atoms with Crippen LogP contribution in [-0.2, 0) is 10.0 Å². The van der Waals surface area contributed by atoms with Gasteiger partial charge in [0.2, 0.25) is 10.0 Å². The highest BCUT2D eigenvalue weighted by Gasteiger charge is 2.23. The second-order valence-corrected chi connectivity index (χ2v) is 8.37. The smallest absolute Gasteiger partial charge is 0.273 e. The Balaban J connectivity index is 1.74. The maximum absolute atomic E-state index is 12.7. The second kappa shape index (κ2) is 6.37. The fourth-order valence-electron chi connectivity index (χ4n) is 3.53. The maximum atomic E-state index is 12.7. The molecule has 1 fully saturated rings. The minimum absolute atomic E-state index is 0.0202. The fourth-order valence-corrected chi connectivity index (χ4v) is 4.86. The highest BCUT2D eigenvalue weighted by Crippen LogP contribution is 2.32. The molecule has 0 saturated heterocycles. The minimum Gasteiger partial charge on any atom is -0.456 e. The zero-order valence-electron chi connectivity index (χ0n) is 14.0. The number of nitrogens with one attached hydrogen (secondary N) is 1. The number of furan rings is 1. The molecule has 1 aliphatic rings. The van der Waals surface area contributed by atoms with E-state index in [4.69, 9.17) is 4.42 Å². The molecule has 4 rings (SSSR count). The highest BCUT2D eigenvalue weighted by atomic mass is 32.2. The molecule has 1 N–H and O–H groups in total. The molecule has 7 nitrogen and oxygen atoms in total. The molecule has 0 atom stereocenters. The molecule has 1 saturated carbocycles. The molecule has 0 unspecified atom stereocenters. The highest BCUT2D eigenvalue weighted by molar-refractivity contribution is 7.89. The van der Waals surface area contributed by atoms with Gasteiger partial charge in [-0.2, -0.15) is 0 Å². The summed E-state index contributed by atoms with van der Waals surface area (Å²) in [6, 6.07) is 8.97. The van der Waals surface area contributed by atoms with Crippen LogP contribution in [0, 0.1) is 10.1 Å². The van der Waals surface area contributed by atoms with Crippen LogP contribution in [0.1, 0.15) is 32.1 Å². The first-order chi connectivity index (χ1) is 12.4. The van der Waals surface area contributed by atoms with Gasteiger partial charge in [0, 0.05) is 22.9 Å². The van der Waals surface area contributed by atoms with E-state index in [1.54, 1.807) is 18.2 Å². The number of rotatable bonds is 4. The molecule has 1 heterocycles. The Bertz CT molecular complexity index is 1100. The van der Waals surface area contributed by atoms with Crippen molar-refractivity contribution in [3.8, 4) is 0 Å². The number of hydrogen-bond acceptors (Lipinski definition) is 5. The Morgan fingerprint density at radius 1 is 1.00 bits per heavy atom. The van der Waals surface area contributed by atoms with E-state index in [1.165, 1.54) is 18.2 Å². The largest absolute Gasteiger partial charge is 0.456 e. The van der Waals surface area contributed by atoms with Crippen LogP contribution in [0.5, 0.6) is 0 Å². The lowest BCUT2D eigenvalue weighted by Gasteiger charge is -2.22. The maximum Gasteiger partial charge on any atom is 0.273 e. The standard InChI is InChI=1S/C18H18N2O5S/c21-20(22)13-6-8-15-16-11-14(7-9-17(16)25-18(15)10-13)26(23,24)19-12-4-2-1-3-5-12/h6-12,19H,1-5H2. The van der Waals surface area contributed by atoms with E-state index in [0.29, 0.717) is 21.9 Å². The molecule has 3 aromatic rings. The molecule has 0 spiro atoms. The van der Waals surface area contributed by atoms with Gasteiger partial charge in [-0.1, -0.05) is 19.3 Å². The van der Waals surface area contributed by atoms with Crippen molar-refractivity contribution in [3.63, 3.8) is 0 Å². The fraction of sp³-hybridized carbons (Fsp3) is 0.333. The van der Waals surface area contributed by atoms with E-state index < -0.39 is 14.9 Å². The Hall–Kier alpha value is -2.45. The lowest BCUT2D eigenvalue weighted by atomic mass is 9.96. The first-order valence-electron chi connectivity index (χ1n) is 8.57. The summed E-state index contributed by atoms with van der Waals surface area (Å²) in [5, 5.41) is 12.2. The van der Waals surface area contributed by atoms with Gasteiger partial charge in [0.1, 0.15) is 11.2 Å². The van der Waals surface area contributed by atoms with Gasteiger partial charge in [0.05, 0.1) is 15.9 Å². The number of non-ortho nitro benzene ring substituents is 1. The summed E-state index contributed by atoms with van der Waals surface area (Å²) in [5.41, 5.74) is 0.796. The molecule has 26 heavy (non-hydrogen) atoms. The van der Waals surface area contributed by atoms with Crippen LogP contribution in [0.25, 0.3) is 21.9 Å². The van der Waals surface area contributed by atoms with E-state index in [0.717, 1.165) is 32.1 Å². The number of nitro benzene ring substituents is 1. The number of benzene rings is 2. The summed E-state index contributed by atoms with van der Waals surface area (Å²) < 4.78 is 33.9. The van der Waals surface area contributed by atoms with Gasteiger partial charge in [-0.25, -0.2) is 13.1 Å². The summed E-state index contributed by atoms with van der Waals surface area (Å²) in [7, 11) is -3.62. The molecule has 0 bridgehead atoms. The minimum atomic E-state index is -3.62. The number of nitrogens with zero attached hydrogens (tertiary/aromatic N) is 1. The SMILES string of the molecule is O=[N+]([O-])c1ccc2c(c1)oc1ccc(S(=O)(=O)NC3CCCCC3)cc12. The number of nitro groups is 1. The van der Waals surface area contributed by atoms with Crippen LogP contribution in [0.3, 0.4) is 0 Å². The van der Waals surface area contributed by atoms with E-state index >= 15 is 0 Å². The van der Waals surface area contributed by atoms with Crippen molar-refractivity contribution < 1.29 is 17.8 Å². The van der Waals surface area contributed by atoms with Crippen molar-refractivity contribution in [2.75, 3.05) is 0 Å². The van der Waals surface area contributed by atoms with Crippen molar-refractivity contribution in [2.24, 2.45) is 0 Å². The van der Waals surface area contributed by atoms with Crippen molar-refractivity contribution in [2.45, 2.75) is 43.0 Å². The Labute approximate surface area is 150 Å². The lowest BCUT2D eigenvalue weighted by Crippen LogP contribution is -2.36.